The number of benzene rings is 2. The van der Waals surface area contributed by atoms with Crippen LogP contribution in [0.3, 0.4) is 0 Å². The first-order valence-electron chi connectivity index (χ1n) is 9.68. The van der Waals surface area contributed by atoms with Gasteiger partial charge in [-0.3, -0.25) is 4.79 Å². The van der Waals surface area contributed by atoms with Gasteiger partial charge in [-0.1, -0.05) is 36.4 Å². The number of anilines is 1. The second-order valence-corrected chi connectivity index (χ2v) is 7.27. The van der Waals surface area contributed by atoms with Gasteiger partial charge < -0.3 is 15.1 Å². The van der Waals surface area contributed by atoms with Crippen LogP contribution in [0.2, 0.25) is 0 Å². The van der Waals surface area contributed by atoms with Crippen LogP contribution in [-0.4, -0.2) is 44.7 Å². The molecule has 0 spiro atoms. The Morgan fingerprint density at radius 3 is 2.46 bits per heavy atom. The predicted octanol–water partition coefficient (Wildman–Crippen LogP) is 0.789. The minimum absolute atomic E-state index is 0.173. The van der Waals surface area contributed by atoms with Crippen molar-refractivity contribution >= 4 is 17.7 Å². The number of amides is 1. The van der Waals surface area contributed by atoms with Crippen LogP contribution in [0.25, 0.3) is 6.08 Å². The first-order valence-corrected chi connectivity index (χ1v) is 9.68. The van der Waals surface area contributed by atoms with Gasteiger partial charge in [0.25, 0.3) is 5.91 Å². The molecule has 1 aliphatic heterocycles. The van der Waals surface area contributed by atoms with E-state index in [1.54, 1.807) is 0 Å². The Morgan fingerprint density at radius 1 is 1.07 bits per heavy atom. The van der Waals surface area contributed by atoms with Gasteiger partial charge in [0.05, 0.1) is 6.54 Å². The van der Waals surface area contributed by atoms with Crippen molar-refractivity contribution in [1.29, 1.82) is 0 Å². The second kappa shape index (κ2) is 9.57. The molecule has 1 atom stereocenters. The minimum Gasteiger partial charge on any atom is -0.322 e. The van der Waals surface area contributed by atoms with Crippen LogP contribution in [0.15, 0.2) is 54.6 Å². The fourth-order valence-electron chi connectivity index (χ4n) is 3.50. The van der Waals surface area contributed by atoms with Crippen molar-refractivity contribution in [3.05, 3.63) is 71.8 Å². The van der Waals surface area contributed by atoms with Gasteiger partial charge in [0.15, 0.2) is 17.7 Å². The summed E-state index contributed by atoms with van der Waals surface area (Å²) >= 11 is 0. The third-order valence-corrected chi connectivity index (χ3v) is 5.31. The maximum Gasteiger partial charge on any atom is 0.282 e. The first kappa shape index (κ1) is 20.2. The number of rotatable bonds is 6. The third-order valence-electron chi connectivity index (χ3n) is 5.31. The van der Waals surface area contributed by atoms with E-state index in [-0.39, 0.29) is 17.6 Å². The zero-order chi connectivity index (χ0) is 19.9. The van der Waals surface area contributed by atoms with E-state index >= 15 is 0 Å². The predicted molar refractivity (Wildman–Crippen MR) is 106 cm³/mol. The number of carbonyl (C=O) groups is 1. The summed E-state index contributed by atoms with van der Waals surface area (Å²) in [6, 6.07) is 13.4. The van der Waals surface area contributed by atoms with E-state index in [2.05, 4.69) is 29.6 Å². The molecular formula is C22H27F2N3O+2. The number of hydrogen-bond donors (Lipinski definition) is 3. The van der Waals surface area contributed by atoms with Crippen molar-refractivity contribution in [2.75, 3.05) is 38.0 Å². The molecule has 148 valence electrons. The Balaban J connectivity index is 1.45. The van der Waals surface area contributed by atoms with Crippen molar-refractivity contribution in [2.45, 2.75) is 13.0 Å². The van der Waals surface area contributed by atoms with Crippen LogP contribution in [0.1, 0.15) is 12.5 Å². The van der Waals surface area contributed by atoms with Crippen molar-refractivity contribution in [3.63, 3.8) is 0 Å². The maximum atomic E-state index is 13.3. The summed E-state index contributed by atoms with van der Waals surface area (Å²) < 4.78 is 26.3. The molecule has 0 aromatic heterocycles. The quantitative estimate of drug-likeness (QED) is 0.674. The molecule has 28 heavy (non-hydrogen) atoms. The minimum atomic E-state index is -0.960. The SMILES string of the molecule is C[C@H](C(=O)Nc1ccc(F)c(F)c1)[NH+]1CC[NH+](C/C=C/c2ccccc2)CC1. The Hall–Kier alpha value is -2.57. The summed E-state index contributed by atoms with van der Waals surface area (Å²) in [5, 5.41) is 2.69. The number of quaternary nitrogens is 2. The van der Waals surface area contributed by atoms with Crippen molar-refractivity contribution in [2.24, 2.45) is 0 Å². The van der Waals surface area contributed by atoms with Crippen molar-refractivity contribution in [1.82, 2.24) is 0 Å². The Bertz CT molecular complexity index is 818. The highest BCUT2D eigenvalue weighted by Crippen LogP contribution is 2.13. The fourth-order valence-corrected chi connectivity index (χ4v) is 3.50. The van der Waals surface area contributed by atoms with E-state index < -0.39 is 11.6 Å². The lowest BCUT2D eigenvalue weighted by molar-refractivity contribution is -1.02. The average Bonchev–Trinajstić information content (AvgIpc) is 2.71. The van der Waals surface area contributed by atoms with E-state index in [0.29, 0.717) is 0 Å². The van der Waals surface area contributed by atoms with E-state index in [4.69, 9.17) is 0 Å². The molecular weight excluding hydrogens is 360 g/mol. The Labute approximate surface area is 164 Å². The van der Waals surface area contributed by atoms with Crippen molar-refractivity contribution < 1.29 is 23.4 Å². The van der Waals surface area contributed by atoms with Gasteiger partial charge in [-0.25, -0.2) is 8.78 Å². The second-order valence-electron chi connectivity index (χ2n) is 7.27. The van der Waals surface area contributed by atoms with Crippen LogP contribution in [0, 0.1) is 11.6 Å². The van der Waals surface area contributed by atoms with Crippen LogP contribution in [-0.2, 0) is 4.79 Å². The number of carbonyl (C=O) groups excluding carboxylic acids is 1. The van der Waals surface area contributed by atoms with E-state index in [1.165, 1.54) is 21.4 Å². The molecule has 4 nitrogen and oxygen atoms in total. The summed E-state index contributed by atoms with van der Waals surface area (Å²) in [4.78, 5) is 15.2. The van der Waals surface area contributed by atoms with Gasteiger partial charge in [-0.2, -0.15) is 0 Å². The highest BCUT2D eigenvalue weighted by atomic mass is 19.2. The highest BCUT2D eigenvalue weighted by Gasteiger charge is 2.30. The van der Waals surface area contributed by atoms with Gasteiger partial charge in [0.2, 0.25) is 0 Å². The summed E-state index contributed by atoms with van der Waals surface area (Å²) in [5.41, 5.74) is 1.49. The lowest BCUT2D eigenvalue weighted by Crippen LogP contribution is -3.29. The Kier molecular flexibility index (Phi) is 6.90. The van der Waals surface area contributed by atoms with Gasteiger partial charge in [0.1, 0.15) is 26.2 Å². The summed E-state index contributed by atoms with van der Waals surface area (Å²) in [6.45, 7) is 6.65. The van der Waals surface area contributed by atoms with Gasteiger partial charge in [-0.15, -0.1) is 0 Å². The molecule has 1 fully saturated rings. The largest absolute Gasteiger partial charge is 0.322 e. The van der Waals surface area contributed by atoms with E-state index in [0.717, 1.165) is 44.9 Å². The first-order chi connectivity index (χ1) is 13.5. The monoisotopic (exact) mass is 387 g/mol. The summed E-state index contributed by atoms with van der Waals surface area (Å²) in [5.74, 6) is -2.05. The van der Waals surface area contributed by atoms with Gasteiger partial charge >= 0.3 is 0 Å². The fraction of sp³-hybridized carbons (Fsp3) is 0.318. The lowest BCUT2D eigenvalue weighted by atomic mass is 10.2. The Morgan fingerprint density at radius 2 is 1.79 bits per heavy atom. The molecule has 6 heteroatoms. The normalized spacial score (nSPS) is 20.8. The molecule has 0 aliphatic carbocycles. The molecule has 1 amide bonds. The van der Waals surface area contributed by atoms with E-state index in [1.807, 2.05) is 25.1 Å². The number of piperazine rings is 1. The number of nitrogens with one attached hydrogen (secondary N) is 3. The smallest absolute Gasteiger partial charge is 0.282 e. The maximum absolute atomic E-state index is 13.3. The molecule has 0 unspecified atom stereocenters. The molecule has 1 aliphatic rings. The van der Waals surface area contributed by atoms with Gasteiger partial charge in [-0.05, 0) is 30.7 Å². The molecule has 3 N–H and O–H groups in total. The topological polar surface area (TPSA) is 38.0 Å². The molecule has 3 rings (SSSR count). The molecule has 0 bridgehead atoms. The zero-order valence-corrected chi connectivity index (χ0v) is 16.1. The molecule has 0 saturated carbocycles. The van der Waals surface area contributed by atoms with E-state index in [9.17, 15) is 13.6 Å². The molecule has 1 saturated heterocycles. The summed E-state index contributed by atoms with van der Waals surface area (Å²) in [6.07, 6.45) is 4.35. The third kappa shape index (κ3) is 5.47. The molecule has 2 aromatic rings. The van der Waals surface area contributed by atoms with Crippen LogP contribution < -0.4 is 15.1 Å². The molecule has 0 radical (unpaired) electrons. The number of hydrogen-bond acceptors (Lipinski definition) is 1. The van der Waals surface area contributed by atoms with Gasteiger partial charge in [0, 0.05) is 11.8 Å². The lowest BCUT2D eigenvalue weighted by Gasteiger charge is -2.32. The van der Waals surface area contributed by atoms with Crippen LogP contribution in [0.4, 0.5) is 14.5 Å². The standard InChI is InChI=1S/C22H25F2N3O/c1-17(22(28)25-19-9-10-20(23)21(24)16-19)27-14-12-26(13-15-27)11-5-8-18-6-3-2-4-7-18/h2-10,16-17H,11-15H2,1H3,(H,25,28)/p+2/b8-5+/t17-/m1/s1. The molecule has 1 heterocycles. The molecule has 2 aromatic carbocycles. The average molecular weight is 387 g/mol. The highest BCUT2D eigenvalue weighted by molar-refractivity contribution is 5.93. The van der Waals surface area contributed by atoms with Crippen molar-refractivity contribution in [3.8, 4) is 0 Å². The zero-order valence-electron chi connectivity index (χ0n) is 16.1. The van der Waals surface area contributed by atoms with Crippen LogP contribution in [0.5, 0.6) is 0 Å². The number of halogens is 2. The van der Waals surface area contributed by atoms with Crippen LogP contribution >= 0.6 is 0 Å². The summed E-state index contributed by atoms with van der Waals surface area (Å²) in [7, 11) is 0.